The molecule has 0 N–H and O–H groups in total. The van der Waals surface area contributed by atoms with E-state index in [2.05, 4.69) is 35.2 Å². The lowest BCUT2D eigenvalue weighted by molar-refractivity contribution is 0.497. The summed E-state index contributed by atoms with van der Waals surface area (Å²) < 4.78 is 0. The van der Waals surface area contributed by atoms with Crippen LogP contribution in [0.1, 0.15) is 20.8 Å². The first-order valence-corrected chi connectivity index (χ1v) is 3.21. The zero-order valence-corrected chi connectivity index (χ0v) is 6.36. The van der Waals surface area contributed by atoms with Crippen LogP contribution < -0.4 is 0 Å². The van der Waals surface area contributed by atoms with E-state index in [9.17, 15) is 0 Å². The molecule has 0 fully saturated rings. The molecule has 0 saturated carbocycles. The third-order valence-electron chi connectivity index (χ3n) is 1.78. The Hall–Kier alpha value is -0.195. The molecule has 1 heteroatoms. The minimum absolute atomic E-state index is 0.676. The summed E-state index contributed by atoms with van der Waals surface area (Å²) in [6.07, 6.45) is 0. The van der Waals surface area contributed by atoms with Gasteiger partial charge in [-0.15, -0.1) is 12.1 Å². The van der Waals surface area contributed by atoms with Crippen LogP contribution >= 0.6 is 0 Å². The van der Waals surface area contributed by atoms with Gasteiger partial charge in [-0.3, -0.25) is 0 Å². The van der Waals surface area contributed by atoms with Gasteiger partial charge in [0, 0.05) is 0 Å². The molecule has 0 saturated heterocycles. The lowest BCUT2D eigenvalue weighted by Gasteiger charge is -2.14. The van der Waals surface area contributed by atoms with Crippen molar-refractivity contribution in [3.63, 3.8) is 0 Å². The maximum Gasteiger partial charge on any atom is 0.133 e. The summed E-state index contributed by atoms with van der Waals surface area (Å²) in [6.45, 7) is 10.5. The van der Waals surface area contributed by atoms with E-state index in [0.29, 0.717) is 5.92 Å². The van der Waals surface area contributed by atoms with Gasteiger partial charge in [-0.2, -0.15) is 0 Å². The fourth-order valence-electron chi connectivity index (χ4n) is 0.569. The molecule has 0 rings (SSSR count). The largest absolute Gasteiger partial charge is 0.133 e. The van der Waals surface area contributed by atoms with E-state index >= 15 is 0 Å². The summed E-state index contributed by atoms with van der Waals surface area (Å²) in [5.74, 6) is 1.42. The molecular weight excluding hydrogens is 94.9 g/mol. The highest BCUT2D eigenvalue weighted by Crippen LogP contribution is 2.14. The predicted octanol–water partition coefficient (Wildman–Crippen LogP) is 1.43. The van der Waals surface area contributed by atoms with E-state index < -0.39 is 0 Å². The molecule has 0 amide bonds. The Kier molecular flexibility index (Phi) is 2.89. The summed E-state index contributed by atoms with van der Waals surface area (Å²) in [4.78, 5) is 0. The molecule has 0 aromatic heterocycles. The van der Waals surface area contributed by atoms with Crippen LogP contribution in [-0.4, -0.2) is 7.85 Å². The minimum Gasteiger partial charge on any atom is -0.114 e. The van der Waals surface area contributed by atoms with Gasteiger partial charge in [-0.05, 0) is 11.8 Å². The minimum atomic E-state index is 0.676. The zero-order chi connectivity index (χ0) is 6.73. The van der Waals surface area contributed by atoms with Gasteiger partial charge in [0.25, 0.3) is 0 Å². The van der Waals surface area contributed by atoms with Gasteiger partial charge in [-0.25, -0.2) is 0 Å². The van der Waals surface area contributed by atoms with Gasteiger partial charge < -0.3 is 0 Å². The predicted molar refractivity (Wildman–Crippen MR) is 41.7 cm³/mol. The summed E-state index contributed by atoms with van der Waals surface area (Å²) in [5, 5.41) is 0. The summed E-state index contributed by atoms with van der Waals surface area (Å²) in [5.41, 5.74) is 1.29. The van der Waals surface area contributed by atoms with Crippen LogP contribution in [0.15, 0.2) is 12.1 Å². The third kappa shape index (κ3) is 2.20. The monoisotopic (exact) mass is 110 g/mol. The fraction of sp³-hybridized carbons (Fsp3) is 0.714. The number of allylic oxidation sites excluding steroid dienone is 1. The molecular formula is C7H15B. The molecule has 46 valence electrons. The van der Waals surface area contributed by atoms with Crippen LogP contribution in [0.2, 0.25) is 0 Å². The van der Waals surface area contributed by atoms with Gasteiger partial charge in [-0.1, -0.05) is 20.8 Å². The van der Waals surface area contributed by atoms with E-state index in [1.807, 2.05) is 0 Å². The van der Waals surface area contributed by atoms with E-state index in [-0.39, 0.29) is 0 Å². The van der Waals surface area contributed by atoms with E-state index in [1.165, 1.54) is 5.47 Å². The van der Waals surface area contributed by atoms with Crippen LogP contribution in [0.4, 0.5) is 0 Å². The summed E-state index contributed by atoms with van der Waals surface area (Å²) in [6, 6.07) is 0. The lowest BCUT2D eigenvalue weighted by Crippen LogP contribution is -2.05. The first-order valence-electron chi connectivity index (χ1n) is 3.21. The van der Waals surface area contributed by atoms with Gasteiger partial charge in [0.05, 0.1) is 0 Å². The molecule has 1 atom stereocenters. The van der Waals surface area contributed by atoms with E-state index in [1.54, 1.807) is 0 Å². The Bertz CT molecular complexity index is 84.4. The summed E-state index contributed by atoms with van der Waals surface area (Å²) >= 11 is 0. The molecule has 0 aliphatic carbocycles. The van der Waals surface area contributed by atoms with Gasteiger partial charge in [0.1, 0.15) is 7.85 Å². The van der Waals surface area contributed by atoms with E-state index in [0.717, 1.165) is 5.92 Å². The maximum atomic E-state index is 3.88. The molecule has 1 unspecified atom stereocenters. The molecule has 0 bridgehead atoms. The zero-order valence-electron chi connectivity index (χ0n) is 6.36. The van der Waals surface area contributed by atoms with Crippen LogP contribution in [0.5, 0.6) is 0 Å². The van der Waals surface area contributed by atoms with Crippen molar-refractivity contribution >= 4 is 7.85 Å². The normalized spacial score (nSPS) is 14.0. The summed E-state index contributed by atoms with van der Waals surface area (Å²) in [7, 11) is 2.09. The molecule has 0 heterocycles. The number of rotatable bonds is 2. The molecule has 0 aromatic carbocycles. The highest BCUT2D eigenvalue weighted by molar-refractivity contribution is 6.21. The Morgan fingerprint density at radius 2 is 1.75 bits per heavy atom. The molecule has 0 aliphatic rings. The highest BCUT2D eigenvalue weighted by atomic mass is 14.1. The maximum absolute atomic E-state index is 3.88. The van der Waals surface area contributed by atoms with Crippen LogP contribution in [0.25, 0.3) is 0 Å². The molecule has 0 spiro atoms. The second kappa shape index (κ2) is 2.96. The second-order valence-corrected chi connectivity index (χ2v) is 2.88. The van der Waals surface area contributed by atoms with Crippen LogP contribution in [0.3, 0.4) is 0 Å². The molecule has 0 aliphatic heterocycles. The van der Waals surface area contributed by atoms with Crippen molar-refractivity contribution in [2.45, 2.75) is 20.8 Å². The second-order valence-electron chi connectivity index (χ2n) is 2.88. The average Bonchev–Trinajstić information content (AvgIpc) is 1.64. The molecule has 0 aromatic rings. The van der Waals surface area contributed by atoms with Crippen molar-refractivity contribution in [1.29, 1.82) is 0 Å². The van der Waals surface area contributed by atoms with Crippen LogP contribution in [-0.2, 0) is 0 Å². The lowest BCUT2D eigenvalue weighted by atomic mass is 9.80. The van der Waals surface area contributed by atoms with Crippen molar-refractivity contribution < 1.29 is 0 Å². The van der Waals surface area contributed by atoms with Crippen molar-refractivity contribution in [3.05, 3.63) is 12.1 Å². The third-order valence-corrected chi connectivity index (χ3v) is 1.78. The topological polar surface area (TPSA) is 0 Å². The van der Waals surface area contributed by atoms with Gasteiger partial charge in [0.15, 0.2) is 0 Å². The Morgan fingerprint density at radius 3 is 1.75 bits per heavy atom. The first kappa shape index (κ1) is 7.80. The molecule has 0 nitrogen and oxygen atoms in total. The van der Waals surface area contributed by atoms with Crippen molar-refractivity contribution in [3.8, 4) is 0 Å². The van der Waals surface area contributed by atoms with Crippen molar-refractivity contribution in [2.75, 3.05) is 0 Å². The molecule has 0 radical (unpaired) electrons. The Labute approximate surface area is 53.4 Å². The average molecular weight is 110 g/mol. The Morgan fingerprint density at radius 1 is 1.38 bits per heavy atom. The van der Waals surface area contributed by atoms with Crippen molar-refractivity contribution in [1.82, 2.24) is 0 Å². The highest BCUT2D eigenvalue weighted by Gasteiger charge is 2.05. The smallest absolute Gasteiger partial charge is 0.114 e. The van der Waals surface area contributed by atoms with Crippen LogP contribution in [0, 0.1) is 11.8 Å². The van der Waals surface area contributed by atoms with Gasteiger partial charge >= 0.3 is 0 Å². The fourth-order valence-corrected chi connectivity index (χ4v) is 0.569. The SMILES string of the molecule is BC(=C)C(C)C(C)C. The van der Waals surface area contributed by atoms with Crippen molar-refractivity contribution in [2.24, 2.45) is 11.8 Å². The molecule has 8 heavy (non-hydrogen) atoms. The van der Waals surface area contributed by atoms with E-state index in [4.69, 9.17) is 0 Å². The Balaban J connectivity index is 3.64. The quantitative estimate of drug-likeness (QED) is 0.471. The first-order chi connectivity index (χ1) is 3.55. The number of hydrogen-bond acceptors (Lipinski definition) is 0. The standard InChI is InChI=1S/C7H15B/c1-5(2)6(3)7(4)8/h5-6H,4,8H2,1-3H3. The van der Waals surface area contributed by atoms with Gasteiger partial charge in [0.2, 0.25) is 0 Å². The number of hydrogen-bond donors (Lipinski definition) is 0.